The molecule has 0 aliphatic heterocycles. The van der Waals surface area contributed by atoms with Gasteiger partial charge in [0.1, 0.15) is 5.82 Å². The van der Waals surface area contributed by atoms with Gasteiger partial charge in [-0.1, -0.05) is 12.1 Å². The smallest absolute Gasteiger partial charge is 0.384 e. The fraction of sp³-hybridized carbons (Fsp3) is 0.0909. The quantitative estimate of drug-likeness (QED) is 0.422. The van der Waals surface area contributed by atoms with Crippen molar-refractivity contribution in [2.75, 3.05) is 5.73 Å². The van der Waals surface area contributed by atoms with Crippen molar-refractivity contribution < 1.29 is 13.2 Å². The van der Waals surface area contributed by atoms with Gasteiger partial charge >= 0.3 is 6.18 Å². The summed E-state index contributed by atoms with van der Waals surface area (Å²) in [4.78, 5) is 9.69. The SMILES string of the molecule is Cc1cc(-c2ccc(C(F)(F)F)cc2)cc(-c2cc(-c3ccc(N)nc3)cs2)n1. The highest BCUT2D eigenvalue weighted by molar-refractivity contribution is 7.14. The number of benzene rings is 1. The van der Waals surface area contributed by atoms with E-state index in [4.69, 9.17) is 5.73 Å². The maximum absolute atomic E-state index is 12.8. The number of rotatable bonds is 3. The van der Waals surface area contributed by atoms with Gasteiger partial charge < -0.3 is 5.73 Å². The first-order chi connectivity index (χ1) is 13.8. The van der Waals surface area contributed by atoms with Gasteiger partial charge in [-0.3, -0.25) is 4.98 Å². The number of nitrogens with zero attached hydrogens (tertiary/aromatic N) is 2. The molecular weight excluding hydrogens is 395 g/mol. The van der Waals surface area contributed by atoms with E-state index >= 15 is 0 Å². The number of alkyl halides is 3. The van der Waals surface area contributed by atoms with Gasteiger partial charge in [0.2, 0.25) is 0 Å². The molecule has 0 aliphatic carbocycles. The number of halogens is 3. The molecule has 29 heavy (non-hydrogen) atoms. The largest absolute Gasteiger partial charge is 0.416 e. The van der Waals surface area contributed by atoms with Crippen molar-refractivity contribution in [3.8, 4) is 32.8 Å². The molecule has 0 amide bonds. The molecule has 3 aromatic heterocycles. The van der Waals surface area contributed by atoms with Crippen molar-refractivity contribution in [2.24, 2.45) is 0 Å². The highest BCUT2D eigenvalue weighted by atomic mass is 32.1. The second-order valence-electron chi connectivity index (χ2n) is 6.63. The van der Waals surface area contributed by atoms with Crippen LogP contribution in [-0.4, -0.2) is 9.97 Å². The molecule has 0 aliphatic rings. The molecule has 7 heteroatoms. The molecule has 3 heterocycles. The summed E-state index contributed by atoms with van der Waals surface area (Å²) in [6.45, 7) is 1.87. The molecule has 0 radical (unpaired) electrons. The first-order valence-electron chi connectivity index (χ1n) is 8.77. The molecule has 0 saturated carbocycles. The summed E-state index contributed by atoms with van der Waals surface area (Å²) >= 11 is 1.55. The lowest BCUT2D eigenvalue weighted by molar-refractivity contribution is -0.137. The van der Waals surface area contributed by atoms with Crippen LogP contribution in [0.3, 0.4) is 0 Å². The number of pyridine rings is 2. The van der Waals surface area contributed by atoms with E-state index in [1.165, 1.54) is 12.1 Å². The van der Waals surface area contributed by atoms with Gasteiger partial charge in [-0.25, -0.2) is 4.98 Å². The molecular formula is C22H16F3N3S. The molecule has 4 aromatic rings. The standard InChI is InChI=1S/C22H16F3N3S/c1-13-8-16(14-2-5-18(6-3-14)22(23,24)25)9-19(28-13)20-10-17(12-29-20)15-4-7-21(26)27-11-15/h2-12H,1H3,(H2,26,27). The summed E-state index contributed by atoms with van der Waals surface area (Å²) in [6.07, 6.45) is -2.62. The number of aryl methyl sites for hydroxylation is 1. The number of aromatic nitrogens is 2. The number of hydrogen-bond donors (Lipinski definition) is 1. The molecule has 0 fully saturated rings. The van der Waals surface area contributed by atoms with Crippen LogP contribution in [0.5, 0.6) is 0 Å². The van der Waals surface area contributed by atoms with E-state index in [1.54, 1.807) is 23.6 Å². The third kappa shape index (κ3) is 4.14. The van der Waals surface area contributed by atoms with Gasteiger partial charge in [0, 0.05) is 17.5 Å². The molecule has 0 saturated heterocycles. The van der Waals surface area contributed by atoms with E-state index < -0.39 is 11.7 Å². The summed E-state index contributed by atoms with van der Waals surface area (Å²) < 4.78 is 38.4. The van der Waals surface area contributed by atoms with E-state index in [9.17, 15) is 13.2 Å². The third-order valence-corrected chi connectivity index (χ3v) is 5.42. The number of hydrogen-bond acceptors (Lipinski definition) is 4. The Morgan fingerprint density at radius 3 is 2.24 bits per heavy atom. The minimum absolute atomic E-state index is 0.464. The predicted molar refractivity (Wildman–Crippen MR) is 110 cm³/mol. The van der Waals surface area contributed by atoms with E-state index in [1.807, 2.05) is 36.6 Å². The van der Waals surface area contributed by atoms with Crippen molar-refractivity contribution in [3.63, 3.8) is 0 Å². The van der Waals surface area contributed by atoms with Crippen molar-refractivity contribution in [1.82, 2.24) is 9.97 Å². The summed E-state index contributed by atoms with van der Waals surface area (Å²) in [5.74, 6) is 0.464. The molecule has 0 spiro atoms. The second-order valence-corrected chi connectivity index (χ2v) is 7.54. The molecule has 146 valence electrons. The van der Waals surface area contributed by atoms with Crippen LogP contribution in [0.4, 0.5) is 19.0 Å². The highest BCUT2D eigenvalue weighted by Gasteiger charge is 2.30. The summed E-state index contributed by atoms with van der Waals surface area (Å²) in [7, 11) is 0. The minimum Gasteiger partial charge on any atom is -0.384 e. The Labute approximate surface area is 169 Å². The van der Waals surface area contributed by atoms with Crippen LogP contribution in [0.15, 0.2) is 66.2 Å². The first-order valence-corrected chi connectivity index (χ1v) is 9.65. The van der Waals surface area contributed by atoms with Crippen LogP contribution < -0.4 is 5.73 Å². The Hall–Kier alpha value is -3.19. The zero-order valence-corrected chi connectivity index (χ0v) is 16.2. The Morgan fingerprint density at radius 2 is 1.59 bits per heavy atom. The molecule has 3 nitrogen and oxygen atoms in total. The Kier molecular flexibility index (Phi) is 4.84. The van der Waals surface area contributed by atoms with Gasteiger partial charge in [-0.15, -0.1) is 11.3 Å². The molecule has 1 aromatic carbocycles. The lowest BCUT2D eigenvalue weighted by atomic mass is 10.0. The molecule has 0 unspecified atom stereocenters. The van der Waals surface area contributed by atoms with E-state index in [0.717, 1.165) is 45.1 Å². The van der Waals surface area contributed by atoms with Gasteiger partial charge in [-0.05, 0) is 71.5 Å². The van der Waals surface area contributed by atoms with Gasteiger partial charge in [0.05, 0.1) is 16.1 Å². The molecule has 2 N–H and O–H groups in total. The molecule has 0 bridgehead atoms. The molecule has 0 atom stereocenters. The van der Waals surface area contributed by atoms with Crippen LogP contribution in [0.25, 0.3) is 32.8 Å². The fourth-order valence-corrected chi connectivity index (χ4v) is 3.89. The zero-order valence-electron chi connectivity index (χ0n) is 15.4. The number of nitrogen functional groups attached to an aromatic ring is 1. The van der Waals surface area contributed by atoms with Crippen molar-refractivity contribution in [2.45, 2.75) is 13.1 Å². The number of nitrogens with two attached hydrogens (primary N) is 1. The lowest BCUT2D eigenvalue weighted by Crippen LogP contribution is -2.04. The topological polar surface area (TPSA) is 51.8 Å². The second kappa shape index (κ2) is 7.33. The van der Waals surface area contributed by atoms with Gasteiger partial charge in [0.25, 0.3) is 0 Å². The zero-order chi connectivity index (χ0) is 20.6. The Bertz CT molecular complexity index is 1150. The maximum atomic E-state index is 12.8. The van der Waals surface area contributed by atoms with Gasteiger partial charge in [-0.2, -0.15) is 13.2 Å². The number of thiophene rings is 1. The van der Waals surface area contributed by atoms with E-state index in [2.05, 4.69) is 9.97 Å². The number of anilines is 1. The van der Waals surface area contributed by atoms with Crippen LogP contribution in [0, 0.1) is 6.92 Å². The Morgan fingerprint density at radius 1 is 0.862 bits per heavy atom. The van der Waals surface area contributed by atoms with Crippen LogP contribution in [-0.2, 0) is 6.18 Å². The summed E-state index contributed by atoms with van der Waals surface area (Å²) in [6, 6.07) is 14.6. The summed E-state index contributed by atoms with van der Waals surface area (Å²) in [5, 5.41) is 2.02. The normalized spacial score (nSPS) is 11.6. The molecule has 4 rings (SSSR count). The van der Waals surface area contributed by atoms with Crippen LogP contribution >= 0.6 is 11.3 Å². The highest BCUT2D eigenvalue weighted by Crippen LogP contribution is 2.35. The maximum Gasteiger partial charge on any atom is 0.416 e. The van der Waals surface area contributed by atoms with E-state index in [0.29, 0.717) is 11.4 Å². The minimum atomic E-state index is -4.35. The van der Waals surface area contributed by atoms with Crippen molar-refractivity contribution >= 4 is 17.2 Å². The average Bonchev–Trinajstić information content (AvgIpc) is 3.18. The van der Waals surface area contributed by atoms with Crippen molar-refractivity contribution in [1.29, 1.82) is 0 Å². The third-order valence-electron chi connectivity index (χ3n) is 4.47. The Balaban J connectivity index is 1.68. The average molecular weight is 411 g/mol. The lowest BCUT2D eigenvalue weighted by Gasteiger charge is -2.09. The van der Waals surface area contributed by atoms with Gasteiger partial charge in [0.15, 0.2) is 0 Å². The fourth-order valence-electron chi connectivity index (χ4n) is 3.01. The van der Waals surface area contributed by atoms with Crippen molar-refractivity contribution in [3.05, 3.63) is 77.4 Å². The predicted octanol–water partition coefficient (Wildman–Crippen LogP) is 6.45. The van der Waals surface area contributed by atoms with Crippen LogP contribution in [0.1, 0.15) is 11.3 Å². The van der Waals surface area contributed by atoms with E-state index in [-0.39, 0.29) is 0 Å². The monoisotopic (exact) mass is 411 g/mol. The first kappa shape index (κ1) is 19.1. The van der Waals surface area contributed by atoms with Crippen LogP contribution in [0.2, 0.25) is 0 Å². The summed E-state index contributed by atoms with van der Waals surface area (Å²) in [5.41, 5.74) is 10.1.